The van der Waals surface area contributed by atoms with Crippen LogP contribution in [0.25, 0.3) is 10.2 Å². The standard InChI is InChI=1S/C21H19N3OS2/c1-14-13-26-20(22-14)24-19(25)21(2,15-8-4-3-5-9-15)12-18-23-16-10-6-7-11-17(16)27-18/h3-11,13H,12H2,1-2H3,(H,22,24,25). The van der Waals surface area contributed by atoms with Gasteiger partial charge >= 0.3 is 0 Å². The van der Waals surface area contributed by atoms with E-state index in [9.17, 15) is 4.79 Å². The lowest BCUT2D eigenvalue weighted by Gasteiger charge is -2.27. The van der Waals surface area contributed by atoms with E-state index in [1.165, 1.54) is 11.3 Å². The first-order valence-corrected chi connectivity index (χ1v) is 10.4. The topological polar surface area (TPSA) is 54.9 Å². The summed E-state index contributed by atoms with van der Waals surface area (Å²) in [6.45, 7) is 3.90. The number of aryl methyl sites for hydroxylation is 1. The number of carbonyl (C=O) groups excluding carboxylic acids is 1. The van der Waals surface area contributed by atoms with Crippen molar-refractivity contribution in [3.63, 3.8) is 0 Å². The third kappa shape index (κ3) is 3.63. The van der Waals surface area contributed by atoms with Gasteiger partial charge in [-0.3, -0.25) is 4.79 Å². The van der Waals surface area contributed by atoms with Crippen LogP contribution in [0.1, 0.15) is 23.2 Å². The van der Waals surface area contributed by atoms with Crippen molar-refractivity contribution >= 4 is 43.9 Å². The molecule has 1 amide bonds. The molecule has 0 aliphatic rings. The first-order valence-electron chi connectivity index (χ1n) is 8.68. The van der Waals surface area contributed by atoms with Crippen molar-refractivity contribution in [2.24, 2.45) is 0 Å². The number of hydrogen-bond donors (Lipinski definition) is 1. The predicted molar refractivity (Wildman–Crippen MR) is 113 cm³/mol. The van der Waals surface area contributed by atoms with E-state index in [2.05, 4.69) is 16.4 Å². The van der Waals surface area contributed by atoms with Crippen LogP contribution in [-0.4, -0.2) is 15.9 Å². The largest absolute Gasteiger partial charge is 0.301 e. The number of anilines is 1. The highest BCUT2D eigenvalue weighted by molar-refractivity contribution is 7.18. The summed E-state index contributed by atoms with van der Waals surface area (Å²) < 4.78 is 1.14. The summed E-state index contributed by atoms with van der Waals surface area (Å²) in [6, 6.07) is 18.0. The molecule has 0 aliphatic carbocycles. The third-order valence-electron chi connectivity index (χ3n) is 4.59. The van der Waals surface area contributed by atoms with Gasteiger partial charge in [0.05, 0.1) is 26.3 Å². The van der Waals surface area contributed by atoms with Crippen LogP contribution in [0.2, 0.25) is 0 Å². The maximum Gasteiger partial charge on any atom is 0.236 e. The van der Waals surface area contributed by atoms with E-state index < -0.39 is 5.41 Å². The fourth-order valence-electron chi connectivity index (χ4n) is 3.06. The second-order valence-corrected chi connectivity index (χ2v) is 8.67. The smallest absolute Gasteiger partial charge is 0.236 e. The molecule has 6 heteroatoms. The van der Waals surface area contributed by atoms with Crippen LogP contribution in [0.15, 0.2) is 60.0 Å². The highest BCUT2D eigenvalue weighted by Gasteiger charge is 2.37. The van der Waals surface area contributed by atoms with Crippen LogP contribution in [0.5, 0.6) is 0 Å². The zero-order valence-electron chi connectivity index (χ0n) is 15.1. The van der Waals surface area contributed by atoms with Crippen LogP contribution in [0, 0.1) is 6.92 Å². The van der Waals surface area contributed by atoms with Gasteiger partial charge in [-0.1, -0.05) is 42.5 Å². The van der Waals surface area contributed by atoms with E-state index in [0.29, 0.717) is 11.6 Å². The van der Waals surface area contributed by atoms with Crippen molar-refractivity contribution in [3.05, 3.63) is 76.2 Å². The van der Waals surface area contributed by atoms with Crippen molar-refractivity contribution in [3.8, 4) is 0 Å². The molecule has 0 saturated carbocycles. The molecular formula is C21H19N3OS2. The number of benzene rings is 2. The Kier molecular flexibility index (Phi) is 4.76. The number of para-hydroxylation sites is 1. The Balaban J connectivity index is 1.70. The highest BCUT2D eigenvalue weighted by atomic mass is 32.1. The molecular weight excluding hydrogens is 374 g/mol. The van der Waals surface area contributed by atoms with Crippen LogP contribution in [-0.2, 0) is 16.6 Å². The highest BCUT2D eigenvalue weighted by Crippen LogP contribution is 2.33. The van der Waals surface area contributed by atoms with Crippen LogP contribution in [0.3, 0.4) is 0 Å². The monoisotopic (exact) mass is 393 g/mol. The van der Waals surface area contributed by atoms with Gasteiger partial charge in [-0.15, -0.1) is 22.7 Å². The van der Waals surface area contributed by atoms with Crippen molar-refractivity contribution in [1.29, 1.82) is 0 Å². The maximum atomic E-state index is 13.3. The summed E-state index contributed by atoms with van der Waals surface area (Å²) in [4.78, 5) is 22.4. The normalized spacial score (nSPS) is 13.4. The average Bonchev–Trinajstić information content (AvgIpc) is 3.27. The number of fused-ring (bicyclic) bond motifs is 1. The molecule has 0 fully saturated rings. The molecule has 0 spiro atoms. The van der Waals surface area contributed by atoms with E-state index in [4.69, 9.17) is 4.98 Å². The minimum atomic E-state index is -0.741. The molecule has 4 nitrogen and oxygen atoms in total. The number of nitrogens with zero attached hydrogens (tertiary/aromatic N) is 2. The quantitative estimate of drug-likeness (QED) is 0.507. The Labute approximate surface area is 165 Å². The number of amides is 1. The number of rotatable bonds is 5. The summed E-state index contributed by atoms with van der Waals surface area (Å²) >= 11 is 3.09. The zero-order valence-corrected chi connectivity index (χ0v) is 16.7. The van der Waals surface area contributed by atoms with E-state index in [1.54, 1.807) is 11.3 Å². The van der Waals surface area contributed by atoms with Gasteiger partial charge < -0.3 is 5.32 Å². The summed E-state index contributed by atoms with van der Waals surface area (Å²) in [6.07, 6.45) is 0.534. The minimum Gasteiger partial charge on any atom is -0.301 e. The van der Waals surface area contributed by atoms with Gasteiger partial charge in [0, 0.05) is 11.8 Å². The molecule has 0 radical (unpaired) electrons. The molecule has 0 bridgehead atoms. The number of nitrogens with one attached hydrogen (secondary N) is 1. The van der Waals surface area contributed by atoms with Gasteiger partial charge in [-0.2, -0.15) is 0 Å². The zero-order chi connectivity index (χ0) is 18.9. The predicted octanol–water partition coefficient (Wildman–Crippen LogP) is 5.20. The maximum absolute atomic E-state index is 13.3. The molecule has 4 rings (SSSR count). The van der Waals surface area contributed by atoms with Crippen molar-refractivity contribution in [1.82, 2.24) is 9.97 Å². The van der Waals surface area contributed by atoms with Gasteiger partial charge in [0.1, 0.15) is 0 Å². The van der Waals surface area contributed by atoms with Crippen LogP contribution in [0.4, 0.5) is 5.13 Å². The second-order valence-electron chi connectivity index (χ2n) is 6.70. The van der Waals surface area contributed by atoms with E-state index in [0.717, 1.165) is 26.5 Å². The molecule has 2 aromatic carbocycles. The van der Waals surface area contributed by atoms with Gasteiger partial charge in [-0.25, -0.2) is 9.97 Å². The molecule has 136 valence electrons. The molecule has 4 aromatic rings. The molecule has 2 heterocycles. The lowest BCUT2D eigenvalue weighted by molar-refractivity contribution is -0.121. The molecule has 27 heavy (non-hydrogen) atoms. The summed E-state index contributed by atoms with van der Waals surface area (Å²) in [5.74, 6) is -0.0673. The Morgan fingerprint density at radius 3 is 2.52 bits per heavy atom. The van der Waals surface area contributed by atoms with Gasteiger partial charge in [0.15, 0.2) is 5.13 Å². The first-order chi connectivity index (χ1) is 13.0. The van der Waals surface area contributed by atoms with Gasteiger partial charge in [0.25, 0.3) is 0 Å². The summed E-state index contributed by atoms with van der Waals surface area (Å²) in [5.41, 5.74) is 2.11. The van der Waals surface area contributed by atoms with E-state index >= 15 is 0 Å². The third-order valence-corrected chi connectivity index (χ3v) is 6.51. The van der Waals surface area contributed by atoms with Crippen LogP contribution < -0.4 is 5.32 Å². The van der Waals surface area contributed by atoms with Crippen molar-refractivity contribution in [2.45, 2.75) is 25.7 Å². The Morgan fingerprint density at radius 1 is 1.07 bits per heavy atom. The Morgan fingerprint density at radius 2 is 1.81 bits per heavy atom. The number of hydrogen-bond acceptors (Lipinski definition) is 5. The fourth-order valence-corrected chi connectivity index (χ4v) is 4.87. The van der Waals surface area contributed by atoms with Crippen molar-refractivity contribution in [2.75, 3.05) is 5.32 Å². The molecule has 1 unspecified atom stereocenters. The molecule has 1 atom stereocenters. The molecule has 0 aliphatic heterocycles. The lowest BCUT2D eigenvalue weighted by atomic mass is 9.78. The summed E-state index contributed by atoms with van der Waals surface area (Å²) in [7, 11) is 0. The lowest BCUT2D eigenvalue weighted by Crippen LogP contribution is -2.39. The minimum absolute atomic E-state index is 0.0673. The molecule has 1 N–H and O–H groups in total. The Hall–Kier alpha value is -2.57. The van der Waals surface area contributed by atoms with Gasteiger partial charge in [0.2, 0.25) is 5.91 Å². The number of thiazole rings is 2. The van der Waals surface area contributed by atoms with Crippen LogP contribution >= 0.6 is 22.7 Å². The first kappa shape index (κ1) is 17.8. The number of carbonyl (C=O) groups is 1. The van der Waals surface area contributed by atoms with Gasteiger partial charge in [-0.05, 0) is 31.5 Å². The van der Waals surface area contributed by atoms with E-state index in [1.807, 2.05) is 67.8 Å². The average molecular weight is 394 g/mol. The van der Waals surface area contributed by atoms with Crippen molar-refractivity contribution < 1.29 is 4.79 Å². The molecule has 0 saturated heterocycles. The summed E-state index contributed by atoms with van der Waals surface area (Å²) in [5, 5.41) is 6.52. The molecule has 2 aromatic heterocycles. The SMILES string of the molecule is Cc1csc(NC(=O)C(C)(Cc2nc3ccccc3s2)c2ccccc2)n1. The van der Waals surface area contributed by atoms with E-state index in [-0.39, 0.29) is 5.91 Å². The fraction of sp³-hybridized carbons (Fsp3) is 0.190. The second kappa shape index (κ2) is 7.21. The number of aromatic nitrogens is 2. The Bertz CT molecular complexity index is 1050.